The zero-order valence-corrected chi connectivity index (χ0v) is 12.4. The molecule has 1 rings (SSSR count). The van der Waals surface area contributed by atoms with Gasteiger partial charge in [-0.3, -0.25) is 0 Å². The average Bonchev–Trinajstić information content (AvgIpc) is 2.47. The number of rotatable bonds is 6. The summed E-state index contributed by atoms with van der Waals surface area (Å²) in [4.78, 5) is 0. The van der Waals surface area contributed by atoms with Crippen LogP contribution in [0.3, 0.4) is 0 Å². The van der Waals surface area contributed by atoms with Gasteiger partial charge in [-0.1, -0.05) is 39.3 Å². The highest BCUT2D eigenvalue weighted by Crippen LogP contribution is 2.39. The van der Waals surface area contributed by atoms with Crippen LogP contribution >= 0.6 is 11.6 Å². The number of hydrogen-bond acceptors (Lipinski definition) is 2. The molecular weight excluding hydrogens is 236 g/mol. The molecule has 100 valence electrons. The molecule has 2 nitrogen and oxygen atoms in total. The van der Waals surface area contributed by atoms with E-state index in [1.165, 1.54) is 5.57 Å². The SMILES string of the molecule is CC1=CC(OC(CCl)OCC(C)C)CC1(C)C. The van der Waals surface area contributed by atoms with Gasteiger partial charge in [0, 0.05) is 0 Å². The van der Waals surface area contributed by atoms with Crippen LogP contribution in [0.4, 0.5) is 0 Å². The summed E-state index contributed by atoms with van der Waals surface area (Å²) in [5.41, 5.74) is 1.62. The number of halogens is 1. The van der Waals surface area contributed by atoms with Gasteiger partial charge in [-0.15, -0.1) is 11.6 Å². The van der Waals surface area contributed by atoms with Gasteiger partial charge in [0.25, 0.3) is 0 Å². The second-order valence-corrected chi connectivity index (χ2v) is 6.23. The molecule has 0 fully saturated rings. The highest BCUT2D eigenvalue weighted by molar-refractivity contribution is 6.18. The minimum Gasteiger partial charge on any atom is -0.351 e. The van der Waals surface area contributed by atoms with Crippen LogP contribution in [0.5, 0.6) is 0 Å². The van der Waals surface area contributed by atoms with Crippen molar-refractivity contribution in [3.8, 4) is 0 Å². The molecule has 2 unspecified atom stereocenters. The fraction of sp³-hybridized carbons (Fsp3) is 0.857. The van der Waals surface area contributed by atoms with Gasteiger partial charge in [-0.2, -0.15) is 0 Å². The predicted octanol–water partition coefficient (Wildman–Crippen LogP) is 3.99. The molecule has 0 aromatic carbocycles. The summed E-state index contributed by atoms with van der Waals surface area (Å²) in [5.74, 6) is 0.887. The second kappa shape index (κ2) is 6.21. The van der Waals surface area contributed by atoms with E-state index in [1.54, 1.807) is 0 Å². The topological polar surface area (TPSA) is 18.5 Å². The summed E-state index contributed by atoms with van der Waals surface area (Å²) in [6.07, 6.45) is 3.05. The van der Waals surface area contributed by atoms with Gasteiger partial charge in [0.05, 0.1) is 18.6 Å². The Morgan fingerprint density at radius 2 is 2.12 bits per heavy atom. The number of allylic oxidation sites excluding steroid dienone is 1. The first-order valence-corrected chi connectivity index (χ1v) is 6.90. The molecule has 3 heteroatoms. The molecule has 17 heavy (non-hydrogen) atoms. The lowest BCUT2D eigenvalue weighted by atomic mass is 9.87. The fourth-order valence-electron chi connectivity index (χ4n) is 1.93. The molecule has 0 N–H and O–H groups in total. The van der Waals surface area contributed by atoms with Crippen LogP contribution in [0.2, 0.25) is 0 Å². The Hall–Kier alpha value is -0.0500. The van der Waals surface area contributed by atoms with Crippen LogP contribution in [0.1, 0.15) is 41.0 Å². The lowest BCUT2D eigenvalue weighted by molar-refractivity contribution is -0.153. The molecule has 0 heterocycles. The van der Waals surface area contributed by atoms with Crippen LogP contribution in [-0.2, 0) is 9.47 Å². The van der Waals surface area contributed by atoms with E-state index in [1.807, 2.05) is 0 Å². The van der Waals surface area contributed by atoms with Crippen LogP contribution in [-0.4, -0.2) is 24.9 Å². The Balaban J connectivity index is 2.43. The van der Waals surface area contributed by atoms with Crippen LogP contribution < -0.4 is 0 Å². The number of hydrogen-bond donors (Lipinski definition) is 0. The maximum absolute atomic E-state index is 5.89. The molecule has 0 saturated carbocycles. The lowest BCUT2D eigenvalue weighted by Gasteiger charge is -2.24. The molecule has 0 saturated heterocycles. The Labute approximate surface area is 110 Å². The van der Waals surface area contributed by atoms with E-state index in [0.717, 1.165) is 6.42 Å². The standard InChI is InChI=1S/C14H25ClO2/c1-10(2)9-16-13(8-15)17-12-6-11(3)14(4,5)7-12/h6,10,12-13H,7-9H2,1-5H3. The zero-order chi connectivity index (χ0) is 13.1. The van der Waals surface area contributed by atoms with Crippen molar-refractivity contribution in [2.45, 2.75) is 53.4 Å². The molecule has 0 aromatic heterocycles. The molecule has 2 atom stereocenters. The maximum Gasteiger partial charge on any atom is 0.171 e. The second-order valence-electron chi connectivity index (χ2n) is 5.92. The van der Waals surface area contributed by atoms with E-state index >= 15 is 0 Å². The predicted molar refractivity (Wildman–Crippen MR) is 72.3 cm³/mol. The summed E-state index contributed by atoms with van der Waals surface area (Å²) in [7, 11) is 0. The van der Waals surface area contributed by atoms with E-state index < -0.39 is 0 Å². The molecular formula is C14H25ClO2. The lowest BCUT2D eigenvalue weighted by Crippen LogP contribution is -2.27. The van der Waals surface area contributed by atoms with Crippen molar-refractivity contribution in [3.63, 3.8) is 0 Å². The number of ether oxygens (including phenoxy) is 2. The molecule has 0 amide bonds. The van der Waals surface area contributed by atoms with Crippen molar-refractivity contribution in [1.82, 2.24) is 0 Å². The highest BCUT2D eigenvalue weighted by atomic mass is 35.5. The molecule has 0 aromatic rings. The molecule has 0 bridgehead atoms. The third kappa shape index (κ3) is 4.61. The van der Waals surface area contributed by atoms with Gasteiger partial charge in [-0.05, 0) is 24.7 Å². The Morgan fingerprint density at radius 3 is 2.53 bits per heavy atom. The van der Waals surface area contributed by atoms with E-state index in [-0.39, 0.29) is 17.8 Å². The smallest absolute Gasteiger partial charge is 0.171 e. The van der Waals surface area contributed by atoms with Gasteiger partial charge in [0.2, 0.25) is 0 Å². The van der Waals surface area contributed by atoms with E-state index in [0.29, 0.717) is 18.4 Å². The summed E-state index contributed by atoms with van der Waals surface area (Å²) in [6.45, 7) is 11.6. The quantitative estimate of drug-likeness (QED) is 0.409. The summed E-state index contributed by atoms with van der Waals surface area (Å²) < 4.78 is 11.5. The summed E-state index contributed by atoms with van der Waals surface area (Å²) in [6, 6.07) is 0. The zero-order valence-electron chi connectivity index (χ0n) is 11.6. The van der Waals surface area contributed by atoms with E-state index in [4.69, 9.17) is 21.1 Å². The minimum atomic E-state index is -0.290. The van der Waals surface area contributed by atoms with Gasteiger partial charge in [0.15, 0.2) is 6.29 Å². The first kappa shape index (κ1) is 15.0. The maximum atomic E-state index is 5.89. The highest BCUT2D eigenvalue weighted by Gasteiger charge is 2.32. The number of alkyl halides is 1. The normalized spacial score (nSPS) is 25.1. The van der Waals surface area contributed by atoms with Gasteiger partial charge < -0.3 is 9.47 Å². The van der Waals surface area contributed by atoms with Crippen molar-refractivity contribution in [1.29, 1.82) is 0 Å². The molecule has 0 radical (unpaired) electrons. The first-order chi connectivity index (χ1) is 7.85. The van der Waals surface area contributed by atoms with Crippen molar-refractivity contribution in [3.05, 3.63) is 11.6 Å². The Kier molecular flexibility index (Phi) is 5.49. The molecule has 0 aliphatic heterocycles. The summed E-state index contributed by atoms with van der Waals surface area (Å²) in [5, 5.41) is 0. The van der Waals surface area contributed by atoms with Gasteiger partial charge in [0.1, 0.15) is 0 Å². The van der Waals surface area contributed by atoms with E-state index in [9.17, 15) is 0 Å². The Bertz CT molecular complexity index is 271. The van der Waals surface area contributed by atoms with Crippen LogP contribution in [0.15, 0.2) is 11.6 Å². The van der Waals surface area contributed by atoms with Crippen molar-refractivity contribution >= 4 is 11.6 Å². The Morgan fingerprint density at radius 1 is 1.47 bits per heavy atom. The van der Waals surface area contributed by atoms with Crippen molar-refractivity contribution < 1.29 is 9.47 Å². The van der Waals surface area contributed by atoms with Crippen molar-refractivity contribution in [2.75, 3.05) is 12.5 Å². The average molecular weight is 261 g/mol. The van der Waals surface area contributed by atoms with Crippen molar-refractivity contribution in [2.24, 2.45) is 11.3 Å². The molecule has 0 spiro atoms. The van der Waals surface area contributed by atoms with Crippen LogP contribution in [0.25, 0.3) is 0 Å². The molecule has 1 aliphatic carbocycles. The third-order valence-electron chi connectivity index (χ3n) is 3.28. The third-order valence-corrected chi connectivity index (χ3v) is 3.53. The molecule has 1 aliphatic rings. The minimum absolute atomic E-state index is 0.140. The fourth-order valence-corrected chi connectivity index (χ4v) is 2.09. The first-order valence-electron chi connectivity index (χ1n) is 6.37. The summed E-state index contributed by atoms with van der Waals surface area (Å²) >= 11 is 5.87. The van der Waals surface area contributed by atoms with Gasteiger partial charge in [-0.25, -0.2) is 0 Å². The monoisotopic (exact) mass is 260 g/mol. The van der Waals surface area contributed by atoms with Gasteiger partial charge >= 0.3 is 0 Å². The van der Waals surface area contributed by atoms with E-state index in [2.05, 4.69) is 40.7 Å². The largest absolute Gasteiger partial charge is 0.351 e. The van der Waals surface area contributed by atoms with Crippen LogP contribution in [0, 0.1) is 11.3 Å².